The maximum Gasteiger partial charge on any atom is 0.252 e. The molecular formula is C24H23N5O. The summed E-state index contributed by atoms with van der Waals surface area (Å²) in [6.07, 6.45) is 6.64. The topological polar surface area (TPSA) is 72.7 Å². The van der Waals surface area contributed by atoms with Crippen LogP contribution >= 0.6 is 0 Å². The molecule has 0 saturated heterocycles. The molecule has 150 valence electrons. The fourth-order valence-electron chi connectivity index (χ4n) is 3.12. The Morgan fingerprint density at radius 2 is 1.73 bits per heavy atom. The zero-order valence-electron chi connectivity index (χ0n) is 17.2. The van der Waals surface area contributed by atoms with E-state index in [2.05, 4.69) is 53.3 Å². The van der Waals surface area contributed by atoms with Crippen LogP contribution in [0, 0.1) is 0 Å². The number of carbonyl (C=O) groups is 1. The van der Waals surface area contributed by atoms with Gasteiger partial charge in [0.1, 0.15) is 5.82 Å². The lowest BCUT2D eigenvalue weighted by Crippen LogP contribution is -2.14. The standard InChI is InChI=1S/C24H23N5O/c1-24(2,3)20-16-21(29(28-20)23-25-14-7-15-26-23)27-22(30)13-12-18-10-6-9-17-8-4-5-11-19(17)18/h4-16H,1-3H3,(H,27,30)/b13-12+. The van der Waals surface area contributed by atoms with E-state index in [1.807, 2.05) is 42.5 Å². The summed E-state index contributed by atoms with van der Waals surface area (Å²) in [5, 5.41) is 9.76. The SMILES string of the molecule is CC(C)(C)c1cc(NC(=O)/C=C/c2cccc3ccccc23)n(-c2ncccn2)n1. The third-order valence-electron chi connectivity index (χ3n) is 4.71. The van der Waals surface area contributed by atoms with Crippen molar-refractivity contribution in [2.45, 2.75) is 26.2 Å². The number of carbonyl (C=O) groups excluding carboxylic acids is 1. The van der Waals surface area contributed by atoms with Gasteiger partial charge in [-0.05, 0) is 28.5 Å². The molecule has 0 atom stereocenters. The van der Waals surface area contributed by atoms with Gasteiger partial charge in [-0.15, -0.1) is 0 Å². The van der Waals surface area contributed by atoms with E-state index in [1.54, 1.807) is 23.1 Å². The molecule has 4 aromatic rings. The van der Waals surface area contributed by atoms with Crippen LogP contribution in [-0.4, -0.2) is 25.7 Å². The Kier molecular flexibility index (Phi) is 5.14. The summed E-state index contributed by atoms with van der Waals surface area (Å²) in [7, 11) is 0. The number of hydrogen-bond donors (Lipinski definition) is 1. The smallest absolute Gasteiger partial charge is 0.252 e. The number of benzene rings is 2. The minimum atomic E-state index is -0.250. The van der Waals surface area contributed by atoms with Crippen molar-refractivity contribution in [1.82, 2.24) is 19.7 Å². The van der Waals surface area contributed by atoms with Gasteiger partial charge in [-0.3, -0.25) is 4.79 Å². The van der Waals surface area contributed by atoms with E-state index in [-0.39, 0.29) is 11.3 Å². The summed E-state index contributed by atoms with van der Waals surface area (Å²) in [4.78, 5) is 21.2. The number of hydrogen-bond acceptors (Lipinski definition) is 4. The van der Waals surface area contributed by atoms with Crippen molar-refractivity contribution in [3.05, 3.63) is 84.3 Å². The van der Waals surface area contributed by atoms with E-state index in [0.717, 1.165) is 22.0 Å². The summed E-state index contributed by atoms with van der Waals surface area (Å²) in [6, 6.07) is 17.7. The molecule has 0 spiro atoms. The molecule has 2 aromatic carbocycles. The number of aromatic nitrogens is 4. The molecule has 30 heavy (non-hydrogen) atoms. The molecule has 0 saturated carbocycles. The first-order chi connectivity index (χ1) is 14.4. The Balaban J connectivity index is 1.63. The molecule has 1 amide bonds. The van der Waals surface area contributed by atoms with Crippen molar-refractivity contribution < 1.29 is 4.79 Å². The molecule has 6 nitrogen and oxygen atoms in total. The highest BCUT2D eigenvalue weighted by Crippen LogP contribution is 2.25. The third kappa shape index (κ3) is 4.12. The molecule has 0 radical (unpaired) electrons. The van der Waals surface area contributed by atoms with E-state index >= 15 is 0 Å². The number of amides is 1. The minimum absolute atomic E-state index is 0.182. The number of rotatable bonds is 4. The van der Waals surface area contributed by atoms with Crippen LogP contribution in [0.25, 0.3) is 22.8 Å². The fourth-order valence-corrected chi connectivity index (χ4v) is 3.12. The zero-order chi connectivity index (χ0) is 21.1. The lowest BCUT2D eigenvalue weighted by atomic mass is 9.92. The Morgan fingerprint density at radius 1 is 1.00 bits per heavy atom. The second kappa shape index (κ2) is 7.91. The molecule has 0 fully saturated rings. The van der Waals surface area contributed by atoms with Crippen LogP contribution in [0.15, 0.2) is 73.1 Å². The van der Waals surface area contributed by atoms with Crippen molar-refractivity contribution in [2.75, 3.05) is 5.32 Å². The lowest BCUT2D eigenvalue weighted by Gasteiger charge is -2.13. The van der Waals surface area contributed by atoms with Crippen molar-refractivity contribution in [3.8, 4) is 5.95 Å². The Labute approximate surface area is 175 Å². The Hall–Kier alpha value is -3.80. The van der Waals surface area contributed by atoms with Crippen LogP contribution in [0.3, 0.4) is 0 Å². The van der Waals surface area contributed by atoms with E-state index in [4.69, 9.17) is 0 Å². The highest BCUT2D eigenvalue weighted by molar-refractivity contribution is 6.03. The first kappa shape index (κ1) is 19.5. The lowest BCUT2D eigenvalue weighted by molar-refractivity contribution is -0.111. The van der Waals surface area contributed by atoms with Crippen molar-refractivity contribution in [1.29, 1.82) is 0 Å². The van der Waals surface area contributed by atoms with Crippen molar-refractivity contribution in [3.63, 3.8) is 0 Å². The van der Waals surface area contributed by atoms with Crippen molar-refractivity contribution in [2.24, 2.45) is 0 Å². The predicted octanol–water partition coefficient (Wildman–Crippen LogP) is 4.76. The maximum atomic E-state index is 12.7. The average Bonchev–Trinajstić information content (AvgIpc) is 3.17. The minimum Gasteiger partial charge on any atom is -0.307 e. The second-order valence-electron chi connectivity index (χ2n) is 8.02. The first-order valence-corrected chi connectivity index (χ1v) is 9.76. The van der Waals surface area contributed by atoms with Gasteiger partial charge in [0.15, 0.2) is 0 Å². The fraction of sp³-hybridized carbons (Fsp3) is 0.167. The summed E-state index contributed by atoms with van der Waals surface area (Å²) < 4.78 is 1.56. The number of nitrogens with zero attached hydrogens (tertiary/aromatic N) is 4. The highest BCUT2D eigenvalue weighted by atomic mass is 16.1. The molecular weight excluding hydrogens is 374 g/mol. The molecule has 2 heterocycles. The van der Waals surface area contributed by atoms with Crippen LogP contribution in [-0.2, 0) is 10.2 Å². The summed E-state index contributed by atoms with van der Waals surface area (Å²) in [5.41, 5.74) is 1.64. The van der Waals surface area contributed by atoms with Gasteiger partial charge in [-0.2, -0.15) is 9.78 Å². The number of nitrogens with one attached hydrogen (secondary N) is 1. The molecule has 0 unspecified atom stereocenters. The van der Waals surface area contributed by atoms with Crippen molar-refractivity contribution >= 4 is 28.6 Å². The molecule has 0 bridgehead atoms. The average molecular weight is 397 g/mol. The second-order valence-corrected chi connectivity index (χ2v) is 8.02. The third-order valence-corrected chi connectivity index (χ3v) is 4.71. The van der Waals surface area contributed by atoms with Gasteiger partial charge >= 0.3 is 0 Å². The normalized spacial score (nSPS) is 11.8. The van der Waals surface area contributed by atoms with E-state index in [1.165, 1.54) is 6.08 Å². The number of fused-ring (bicyclic) bond motifs is 1. The van der Waals surface area contributed by atoms with Gasteiger partial charge < -0.3 is 5.32 Å². The van der Waals surface area contributed by atoms with E-state index in [9.17, 15) is 4.79 Å². The largest absolute Gasteiger partial charge is 0.307 e. The summed E-state index contributed by atoms with van der Waals surface area (Å²) in [5.74, 6) is 0.681. The van der Waals surface area contributed by atoms with Gasteiger partial charge in [0, 0.05) is 30.0 Å². The quantitative estimate of drug-likeness (QED) is 0.504. The summed E-state index contributed by atoms with van der Waals surface area (Å²) in [6.45, 7) is 6.20. The highest BCUT2D eigenvalue weighted by Gasteiger charge is 2.22. The molecule has 4 rings (SSSR count). The van der Waals surface area contributed by atoms with Crippen LogP contribution in [0.5, 0.6) is 0 Å². The van der Waals surface area contributed by atoms with Gasteiger partial charge in [0.25, 0.3) is 5.95 Å². The zero-order valence-corrected chi connectivity index (χ0v) is 17.2. The molecule has 0 aliphatic rings. The predicted molar refractivity (Wildman–Crippen MR) is 119 cm³/mol. The van der Waals surface area contributed by atoms with Gasteiger partial charge in [-0.25, -0.2) is 9.97 Å². The first-order valence-electron chi connectivity index (χ1n) is 9.76. The Bertz CT molecular complexity index is 1210. The maximum absolute atomic E-state index is 12.7. The molecule has 0 aliphatic heterocycles. The van der Waals surface area contributed by atoms with Gasteiger partial charge in [-0.1, -0.05) is 63.2 Å². The molecule has 2 aromatic heterocycles. The van der Waals surface area contributed by atoms with Gasteiger partial charge in [0.2, 0.25) is 5.91 Å². The van der Waals surface area contributed by atoms with Crippen LogP contribution in [0.2, 0.25) is 0 Å². The van der Waals surface area contributed by atoms with Crippen LogP contribution < -0.4 is 5.32 Å². The number of anilines is 1. The molecule has 6 heteroatoms. The molecule has 1 N–H and O–H groups in total. The van der Waals surface area contributed by atoms with Crippen LogP contribution in [0.1, 0.15) is 32.0 Å². The van der Waals surface area contributed by atoms with E-state index < -0.39 is 0 Å². The summed E-state index contributed by atoms with van der Waals surface area (Å²) >= 11 is 0. The van der Waals surface area contributed by atoms with Gasteiger partial charge in [0.05, 0.1) is 5.69 Å². The Morgan fingerprint density at radius 3 is 2.50 bits per heavy atom. The van der Waals surface area contributed by atoms with Crippen LogP contribution in [0.4, 0.5) is 5.82 Å². The monoisotopic (exact) mass is 397 g/mol. The molecule has 0 aliphatic carbocycles. The van der Waals surface area contributed by atoms with E-state index in [0.29, 0.717) is 11.8 Å².